The molecule has 0 amide bonds. The number of hydrogen-bond donors (Lipinski definition) is 1. The lowest BCUT2D eigenvalue weighted by molar-refractivity contribution is 0.414. The van der Waals surface area contributed by atoms with Crippen LogP contribution in [0.5, 0.6) is 5.75 Å². The van der Waals surface area contributed by atoms with Crippen molar-refractivity contribution in [3.8, 4) is 5.75 Å². The van der Waals surface area contributed by atoms with Gasteiger partial charge in [0.2, 0.25) is 0 Å². The minimum Gasteiger partial charge on any atom is -0.497 e. The SMILES string of the molecule is COc1ccc(CC(CN)c2c(Cl)cccc2Cl)cc1. The zero-order valence-electron chi connectivity index (χ0n) is 11.3. The summed E-state index contributed by atoms with van der Waals surface area (Å²) in [5, 5.41) is 1.34. The lowest BCUT2D eigenvalue weighted by Gasteiger charge is -2.18. The topological polar surface area (TPSA) is 35.2 Å². The fourth-order valence-electron chi connectivity index (χ4n) is 2.25. The Morgan fingerprint density at radius 2 is 1.65 bits per heavy atom. The Kier molecular flexibility index (Phi) is 5.30. The second-order valence-corrected chi connectivity index (χ2v) is 5.43. The van der Waals surface area contributed by atoms with E-state index in [1.54, 1.807) is 7.11 Å². The van der Waals surface area contributed by atoms with Crippen LogP contribution in [0, 0.1) is 0 Å². The first-order chi connectivity index (χ1) is 9.65. The number of methoxy groups -OCH3 is 1. The van der Waals surface area contributed by atoms with Crippen molar-refractivity contribution in [3.63, 3.8) is 0 Å². The molecule has 0 aliphatic rings. The molecule has 2 rings (SSSR count). The fraction of sp³-hybridized carbons (Fsp3) is 0.250. The molecule has 4 heteroatoms. The van der Waals surface area contributed by atoms with Gasteiger partial charge in [0.05, 0.1) is 7.11 Å². The van der Waals surface area contributed by atoms with Crippen LogP contribution in [0.4, 0.5) is 0 Å². The van der Waals surface area contributed by atoms with Crippen LogP contribution in [-0.2, 0) is 6.42 Å². The monoisotopic (exact) mass is 309 g/mol. The van der Waals surface area contributed by atoms with Crippen LogP contribution in [0.25, 0.3) is 0 Å². The van der Waals surface area contributed by atoms with Gasteiger partial charge in [-0.2, -0.15) is 0 Å². The van der Waals surface area contributed by atoms with Crippen LogP contribution in [0.2, 0.25) is 10.0 Å². The van der Waals surface area contributed by atoms with Crippen LogP contribution in [0.3, 0.4) is 0 Å². The van der Waals surface area contributed by atoms with Crippen molar-refractivity contribution in [2.75, 3.05) is 13.7 Å². The number of rotatable bonds is 5. The zero-order valence-corrected chi connectivity index (χ0v) is 12.8. The lowest BCUT2D eigenvalue weighted by atomic mass is 9.92. The average Bonchev–Trinajstić information content (AvgIpc) is 2.46. The van der Waals surface area contributed by atoms with E-state index in [1.165, 1.54) is 5.56 Å². The molecule has 2 N–H and O–H groups in total. The van der Waals surface area contributed by atoms with E-state index >= 15 is 0 Å². The largest absolute Gasteiger partial charge is 0.497 e. The van der Waals surface area contributed by atoms with Crippen molar-refractivity contribution in [2.45, 2.75) is 12.3 Å². The summed E-state index contributed by atoms with van der Waals surface area (Å²) in [5.41, 5.74) is 8.01. The maximum Gasteiger partial charge on any atom is 0.118 e. The summed E-state index contributed by atoms with van der Waals surface area (Å²) in [5.74, 6) is 0.943. The summed E-state index contributed by atoms with van der Waals surface area (Å²) in [7, 11) is 1.65. The molecule has 106 valence electrons. The highest BCUT2D eigenvalue weighted by Crippen LogP contribution is 2.33. The second-order valence-electron chi connectivity index (χ2n) is 4.62. The quantitative estimate of drug-likeness (QED) is 0.894. The number of ether oxygens (including phenoxy) is 1. The molecule has 2 nitrogen and oxygen atoms in total. The zero-order chi connectivity index (χ0) is 14.5. The highest BCUT2D eigenvalue weighted by Gasteiger charge is 2.17. The summed E-state index contributed by atoms with van der Waals surface area (Å²) in [6, 6.07) is 13.5. The highest BCUT2D eigenvalue weighted by atomic mass is 35.5. The molecule has 0 fully saturated rings. The molecule has 2 aromatic carbocycles. The standard InChI is InChI=1S/C16H17Cl2NO/c1-20-13-7-5-11(6-8-13)9-12(10-19)16-14(17)3-2-4-15(16)18/h2-8,12H,9-10,19H2,1H3. The Bertz CT molecular complexity index is 549. The van der Waals surface area contributed by atoms with Crippen molar-refractivity contribution in [1.82, 2.24) is 0 Å². The number of nitrogens with two attached hydrogens (primary N) is 1. The van der Waals surface area contributed by atoms with Gasteiger partial charge in [0.25, 0.3) is 0 Å². The number of benzene rings is 2. The molecule has 0 saturated heterocycles. The van der Waals surface area contributed by atoms with Crippen molar-refractivity contribution in [3.05, 3.63) is 63.6 Å². The van der Waals surface area contributed by atoms with Crippen LogP contribution in [-0.4, -0.2) is 13.7 Å². The predicted octanol–water partition coefficient (Wildman–Crippen LogP) is 4.29. The van der Waals surface area contributed by atoms with Crippen LogP contribution in [0.1, 0.15) is 17.0 Å². The van der Waals surface area contributed by atoms with Crippen molar-refractivity contribution >= 4 is 23.2 Å². The van der Waals surface area contributed by atoms with Crippen LogP contribution in [0.15, 0.2) is 42.5 Å². The molecule has 0 bridgehead atoms. The van der Waals surface area contributed by atoms with E-state index < -0.39 is 0 Å². The third-order valence-electron chi connectivity index (χ3n) is 3.33. The maximum absolute atomic E-state index is 6.26. The van der Waals surface area contributed by atoms with Gasteiger partial charge in [-0.25, -0.2) is 0 Å². The van der Waals surface area contributed by atoms with Crippen molar-refractivity contribution in [1.29, 1.82) is 0 Å². The predicted molar refractivity (Wildman–Crippen MR) is 85.0 cm³/mol. The van der Waals surface area contributed by atoms with Gasteiger partial charge in [-0.15, -0.1) is 0 Å². The van der Waals surface area contributed by atoms with E-state index in [-0.39, 0.29) is 5.92 Å². The summed E-state index contributed by atoms with van der Waals surface area (Å²) in [4.78, 5) is 0. The molecule has 0 radical (unpaired) electrons. The van der Waals surface area contributed by atoms with Gasteiger partial charge in [-0.1, -0.05) is 41.4 Å². The molecule has 0 aromatic heterocycles. The molecule has 0 saturated carbocycles. The smallest absolute Gasteiger partial charge is 0.118 e. The van der Waals surface area contributed by atoms with E-state index in [0.717, 1.165) is 17.7 Å². The Hall–Kier alpha value is -1.22. The molecular weight excluding hydrogens is 293 g/mol. The van der Waals surface area contributed by atoms with Gasteiger partial charge < -0.3 is 10.5 Å². The Labute approximate surface area is 129 Å². The van der Waals surface area contributed by atoms with Gasteiger partial charge in [0, 0.05) is 16.0 Å². The van der Waals surface area contributed by atoms with Gasteiger partial charge in [0.1, 0.15) is 5.75 Å². The van der Waals surface area contributed by atoms with E-state index in [0.29, 0.717) is 16.6 Å². The molecular formula is C16H17Cl2NO. The minimum absolute atomic E-state index is 0.101. The first-order valence-corrected chi connectivity index (χ1v) is 7.18. The van der Waals surface area contributed by atoms with E-state index in [1.807, 2.05) is 42.5 Å². The third-order valence-corrected chi connectivity index (χ3v) is 3.99. The van der Waals surface area contributed by atoms with Crippen molar-refractivity contribution < 1.29 is 4.74 Å². The maximum atomic E-state index is 6.26. The first kappa shape index (κ1) is 15.2. The summed E-state index contributed by atoms with van der Waals surface area (Å²) in [6.07, 6.45) is 0.796. The average molecular weight is 310 g/mol. The Morgan fingerprint density at radius 1 is 1.05 bits per heavy atom. The molecule has 0 spiro atoms. The van der Waals surface area contributed by atoms with Gasteiger partial charge in [-0.3, -0.25) is 0 Å². The summed E-state index contributed by atoms with van der Waals surface area (Å²) >= 11 is 12.5. The number of hydrogen-bond acceptors (Lipinski definition) is 2. The van der Waals surface area contributed by atoms with E-state index in [4.69, 9.17) is 33.7 Å². The molecule has 0 aliphatic heterocycles. The van der Waals surface area contributed by atoms with Crippen LogP contribution < -0.4 is 10.5 Å². The highest BCUT2D eigenvalue weighted by molar-refractivity contribution is 6.36. The summed E-state index contributed by atoms with van der Waals surface area (Å²) < 4.78 is 5.16. The van der Waals surface area contributed by atoms with Gasteiger partial charge in [-0.05, 0) is 48.4 Å². The molecule has 2 aromatic rings. The minimum atomic E-state index is 0.101. The van der Waals surface area contributed by atoms with E-state index in [9.17, 15) is 0 Å². The van der Waals surface area contributed by atoms with Crippen molar-refractivity contribution in [2.24, 2.45) is 5.73 Å². The molecule has 1 atom stereocenters. The summed E-state index contributed by atoms with van der Waals surface area (Å²) in [6.45, 7) is 0.496. The van der Waals surface area contributed by atoms with Gasteiger partial charge in [0.15, 0.2) is 0 Å². The molecule has 1 unspecified atom stereocenters. The third kappa shape index (κ3) is 3.45. The molecule has 20 heavy (non-hydrogen) atoms. The Balaban J connectivity index is 2.24. The van der Waals surface area contributed by atoms with Crippen LogP contribution >= 0.6 is 23.2 Å². The normalized spacial score (nSPS) is 12.2. The fourth-order valence-corrected chi connectivity index (χ4v) is 2.96. The number of halogens is 2. The second kappa shape index (κ2) is 6.98. The van der Waals surface area contributed by atoms with E-state index in [2.05, 4.69) is 0 Å². The lowest BCUT2D eigenvalue weighted by Crippen LogP contribution is -2.16. The Morgan fingerprint density at radius 3 is 2.15 bits per heavy atom. The molecule has 0 heterocycles. The molecule has 0 aliphatic carbocycles. The first-order valence-electron chi connectivity index (χ1n) is 6.42. The van der Waals surface area contributed by atoms with Gasteiger partial charge >= 0.3 is 0 Å².